The SMILES string of the molecule is CC[C@H](C)[C@@H]1NC(=O)[C@H](CC(C)C)N(C)C(=O)C[C@@H](C(=O)N2CCCCC2)NC(=O)[C@H](C(C)C)N(C)C(=O)C2(CCCC2)NC(=O)[C@@H]2CCCN2C(=O)[C@H](CCc2ccc(C(F)(F)F)c(Cl)c2)NC(=O)CN(C)C(=O)[C@H](CC2CCCCC2)N(C)C(=O)[C@@H]2CCN2C(=O)[C@H](C)N(C)C1=O. The highest BCUT2D eigenvalue weighted by Gasteiger charge is 2.51. The molecule has 6 aliphatic rings. The Hall–Kier alpha value is -7.06. The third-order valence-electron chi connectivity index (χ3n) is 21.7. The van der Waals surface area contributed by atoms with Gasteiger partial charge in [0.2, 0.25) is 70.9 Å². The van der Waals surface area contributed by atoms with Crippen LogP contribution in [-0.2, 0) is 70.1 Å². The summed E-state index contributed by atoms with van der Waals surface area (Å²) in [6.07, 6.45) is 3.72. The molecule has 4 aliphatic heterocycles. The van der Waals surface area contributed by atoms with Gasteiger partial charge in [-0.3, -0.25) is 57.5 Å². The van der Waals surface area contributed by atoms with Gasteiger partial charge >= 0.3 is 6.18 Å². The molecule has 28 heteroatoms. The van der Waals surface area contributed by atoms with Gasteiger partial charge in [0.05, 0.1) is 23.6 Å². The van der Waals surface area contributed by atoms with Crippen molar-refractivity contribution in [1.29, 1.82) is 0 Å². The lowest BCUT2D eigenvalue weighted by atomic mass is 9.84. The predicted octanol–water partition coefficient (Wildman–Crippen LogP) is 5.69. The Balaban J connectivity index is 1.27. The molecule has 2 aliphatic carbocycles. The van der Waals surface area contributed by atoms with Gasteiger partial charge in [0, 0.05) is 61.4 Å². The van der Waals surface area contributed by atoms with E-state index in [4.69, 9.17) is 11.6 Å². The zero-order valence-corrected chi connectivity index (χ0v) is 60.9. The Kier molecular flexibility index (Phi) is 27.7. The molecule has 1 spiro atoms. The number of halogens is 4. The van der Waals surface area contributed by atoms with Crippen molar-refractivity contribution in [1.82, 2.24) is 60.5 Å². The molecule has 99 heavy (non-hydrogen) atoms. The number of rotatable bonds is 11. The van der Waals surface area contributed by atoms with E-state index in [2.05, 4.69) is 21.3 Å². The van der Waals surface area contributed by atoms with Gasteiger partial charge in [0.1, 0.15) is 59.9 Å². The maximum Gasteiger partial charge on any atom is 0.417 e. The summed E-state index contributed by atoms with van der Waals surface area (Å²) in [4.78, 5) is 189. The normalized spacial score (nSPS) is 27.9. The van der Waals surface area contributed by atoms with E-state index in [1.54, 1.807) is 25.7 Å². The van der Waals surface area contributed by atoms with Crippen LogP contribution >= 0.6 is 11.6 Å². The van der Waals surface area contributed by atoms with Crippen molar-refractivity contribution in [3.05, 3.63) is 34.3 Å². The van der Waals surface area contributed by atoms with Crippen LogP contribution < -0.4 is 21.3 Å². The van der Waals surface area contributed by atoms with Gasteiger partial charge in [-0.2, -0.15) is 13.2 Å². The van der Waals surface area contributed by atoms with Crippen molar-refractivity contribution in [2.24, 2.45) is 23.7 Å². The van der Waals surface area contributed by atoms with E-state index in [1.165, 1.54) is 77.6 Å². The lowest BCUT2D eigenvalue weighted by Crippen LogP contribution is -2.65. The van der Waals surface area contributed by atoms with Crippen LogP contribution in [0.25, 0.3) is 0 Å². The largest absolute Gasteiger partial charge is 0.417 e. The van der Waals surface area contributed by atoms with Gasteiger partial charge in [-0.15, -0.1) is 0 Å². The van der Waals surface area contributed by atoms with E-state index >= 15 is 14.4 Å². The minimum Gasteiger partial charge on any atom is -0.343 e. The summed E-state index contributed by atoms with van der Waals surface area (Å²) in [6, 6.07) is -7.91. The number of aryl methyl sites for hydroxylation is 1. The Morgan fingerprint density at radius 1 is 0.646 bits per heavy atom. The molecule has 1 aromatic rings. The van der Waals surface area contributed by atoms with E-state index < -0.39 is 172 Å². The van der Waals surface area contributed by atoms with Gasteiger partial charge in [0.25, 0.3) is 0 Å². The fourth-order valence-corrected chi connectivity index (χ4v) is 15.6. The first-order chi connectivity index (χ1) is 46.6. The quantitative estimate of drug-likeness (QED) is 0.208. The highest BCUT2D eigenvalue weighted by Crippen LogP contribution is 2.37. The number of hydrogen-bond acceptors (Lipinski definition) is 12. The number of piperidine rings is 1. The predicted molar refractivity (Wildman–Crippen MR) is 364 cm³/mol. The van der Waals surface area contributed by atoms with Crippen LogP contribution in [0.1, 0.15) is 188 Å². The molecule has 0 radical (unpaired) electrons. The molecule has 0 bridgehead atoms. The van der Waals surface area contributed by atoms with Crippen molar-refractivity contribution in [3.63, 3.8) is 0 Å². The summed E-state index contributed by atoms with van der Waals surface area (Å²) in [5, 5.41) is 11.0. The lowest BCUT2D eigenvalue weighted by Gasteiger charge is -2.45. The van der Waals surface area contributed by atoms with Crippen LogP contribution in [0.5, 0.6) is 0 Å². The smallest absolute Gasteiger partial charge is 0.343 e. The molecule has 12 amide bonds. The number of nitrogens with one attached hydrogen (secondary N) is 4. The lowest BCUT2D eigenvalue weighted by molar-refractivity contribution is -0.160. The molecule has 10 atom stereocenters. The molecule has 6 fully saturated rings. The molecule has 0 aromatic heterocycles. The minimum absolute atomic E-state index is 0.0232. The average molecular weight is 1410 g/mol. The van der Waals surface area contributed by atoms with Crippen LogP contribution in [0.4, 0.5) is 13.2 Å². The molecule has 4 heterocycles. The summed E-state index contributed by atoms with van der Waals surface area (Å²) in [5.41, 5.74) is -2.35. The number of fused-ring (bicyclic) bond motifs is 2. The van der Waals surface area contributed by atoms with Gasteiger partial charge in [-0.25, -0.2) is 0 Å². The molecule has 1 aromatic carbocycles. The molecule has 24 nitrogen and oxygen atoms in total. The molecule has 7 rings (SSSR count). The number of benzene rings is 1. The Morgan fingerprint density at radius 3 is 1.87 bits per heavy atom. The van der Waals surface area contributed by atoms with Crippen molar-refractivity contribution >= 4 is 82.5 Å². The topological polar surface area (TPSA) is 279 Å². The Bertz CT molecular complexity index is 3120. The Labute approximate surface area is 586 Å². The van der Waals surface area contributed by atoms with Crippen molar-refractivity contribution < 1.29 is 70.7 Å². The van der Waals surface area contributed by atoms with Crippen LogP contribution in [0.3, 0.4) is 0 Å². The van der Waals surface area contributed by atoms with Crippen LogP contribution in [0.2, 0.25) is 5.02 Å². The van der Waals surface area contributed by atoms with Crippen molar-refractivity contribution in [2.75, 3.05) is 68.0 Å². The second-order valence-corrected chi connectivity index (χ2v) is 30.0. The number of nitrogens with zero attached hydrogens (tertiary/aromatic N) is 8. The van der Waals surface area contributed by atoms with E-state index in [-0.39, 0.29) is 76.3 Å². The molecule has 4 saturated heterocycles. The van der Waals surface area contributed by atoms with Gasteiger partial charge in [-0.1, -0.05) is 111 Å². The standard InChI is InChI=1S/C71H108ClF3N12O12/c1-13-44(6)58-68(98)81(9)45(7)63(93)87-36-30-53(87)67(97)83(11)55(39-46-23-16-14-17-24-46)66(96)80(8)41-56(88)76-50(29-27-47-26-28-48(49(72)38-47)71(73,74)75)65(95)86-35-22-25-52(86)61(91)79-70(31-18-19-32-70)69(99)84(12)59(43(4)5)62(92)77-51(64(94)85-33-20-15-21-34-85)40-57(89)82(10)54(37-42(2)3)60(90)78-58/h26,28,38,42-46,50-55,58-59H,13-25,27,29-37,39-41H2,1-12H3,(H,76,88)(H,77,92)(H,78,90)(H,79,91)/t44-,45-,50-,51-,52-,53-,54-,55-,58-,59-/m0/s1. The minimum atomic E-state index is -4.76. The first-order valence-corrected chi connectivity index (χ1v) is 36.3. The first kappa shape index (κ1) is 79.3. The molecule has 4 N–H and O–H groups in total. The number of likely N-dealkylation sites (tertiary alicyclic amines) is 1. The van der Waals surface area contributed by atoms with Crippen LogP contribution in [0.15, 0.2) is 18.2 Å². The molecular formula is C71H108ClF3N12O12. The maximum absolute atomic E-state index is 15.3. The maximum atomic E-state index is 15.3. The monoisotopic (exact) mass is 1410 g/mol. The molecule has 2 saturated carbocycles. The van der Waals surface area contributed by atoms with Gasteiger partial charge < -0.3 is 60.5 Å². The van der Waals surface area contributed by atoms with E-state index in [0.29, 0.717) is 57.2 Å². The molecule has 0 unspecified atom stereocenters. The van der Waals surface area contributed by atoms with E-state index in [9.17, 15) is 56.3 Å². The summed E-state index contributed by atoms with van der Waals surface area (Å²) < 4.78 is 41.6. The second-order valence-electron chi connectivity index (χ2n) is 29.6. The van der Waals surface area contributed by atoms with Crippen LogP contribution in [0, 0.1) is 23.7 Å². The number of carbonyl (C=O) groups is 12. The highest BCUT2D eigenvalue weighted by atomic mass is 35.5. The second kappa shape index (κ2) is 34.5. The molecule has 552 valence electrons. The fraction of sp³-hybridized carbons (Fsp3) is 0.746. The number of amides is 12. The third-order valence-corrected chi connectivity index (χ3v) is 22.0. The number of likely N-dealkylation sites (N-methyl/N-ethyl adjacent to an activating group) is 5. The molecular weight excluding hydrogens is 1310 g/mol. The number of alkyl halides is 3. The average Bonchev–Trinajstić information content (AvgIpc) is 1.55. The third kappa shape index (κ3) is 19.1. The summed E-state index contributed by atoms with van der Waals surface area (Å²) >= 11 is 6.15. The zero-order chi connectivity index (χ0) is 73.1. The highest BCUT2D eigenvalue weighted by molar-refractivity contribution is 6.31. The Morgan fingerprint density at radius 2 is 1.28 bits per heavy atom. The zero-order valence-electron chi connectivity index (χ0n) is 60.1. The number of hydrogen-bond donors (Lipinski definition) is 4. The van der Waals surface area contributed by atoms with Gasteiger partial charge in [0.15, 0.2) is 0 Å². The van der Waals surface area contributed by atoms with Crippen LogP contribution in [-0.4, -0.2) is 238 Å². The summed E-state index contributed by atoms with van der Waals surface area (Å²) in [5.74, 6) is -9.06. The summed E-state index contributed by atoms with van der Waals surface area (Å²) in [7, 11) is 7.16. The number of carbonyl (C=O) groups excluding carboxylic acids is 12. The summed E-state index contributed by atoms with van der Waals surface area (Å²) in [6.45, 7) is 12.6. The fourth-order valence-electron chi connectivity index (χ4n) is 15.3. The van der Waals surface area contributed by atoms with E-state index in [1.807, 2.05) is 20.8 Å². The van der Waals surface area contributed by atoms with Crippen molar-refractivity contribution in [3.8, 4) is 0 Å². The first-order valence-electron chi connectivity index (χ1n) is 35.9. The van der Waals surface area contributed by atoms with Crippen molar-refractivity contribution in [2.45, 2.75) is 249 Å². The van der Waals surface area contributed by atoms with Gasteiger partial charge in [-0.05, 0) is 125 Å². The van der Waals surface area contributed by atoms with E-state index in [0.717, 1.165) is 55.6 Å².